The Morgan fingerprint density at radius 2 is 1.95 bits per heavy atom. The number of hydrogen-bond acceptors (Lipinski definition) is 2. The van der Waals surface area contributed by atoms with Gasteiger partial charge in [0.05, 0.1) is 13.2 Å². The first-order valence-electron chi connectivity index (χ1n) is 6.47. The molecule has 3 heteroatoms. The van der Waals surface area contributed by atoms with Gasteiger partial charge in [-0.3, -0.25) is 0 Å². The third-order valence-electron chi connectivity index (χ3n) is 3.39. The Bertz CT molecular complexity index is 578. The average molecular weight is 262 g/mol. The van der Waals surface area contributed by atoms with Gasteiger partial charge in [-0.05, 0) is 36.1 Å². The van der Waals surface area contributed by atoms with Gasteiger partial charge in [-0.2, -0.15) is 0 Å². The molecule has 2 rings (SSSR count). The summed E-state index contributed by atoms with van der Waals surface area (Å²) in [6.45, 7) is 3.72. The fraction of sp³-hybridized carbons (Fsp3) is 0.375. The van der Waals surface area contributed by atoms with Crippen molar-refractivity contribution in [2.24, 2.45) is 0 Å². The van der Waals surface area contributed by atoms with Crippen molar-refractivity contribution in [1.82, 2.24) is 0 Å². The second-order valence-electron chi connectivity index (χ2n) is 5.01. The Labute approximate surface area is 112 Å². The van der Waals surface area contributed by atoms with Crippen LogP contribution < -0.4 is 4.74 Å². The van der Waals surface area contributed by atoms with Crippen molar-refractivity contribution in [1.29, 1.82) is 0 Å². The van der Waals surface area contributed by atoms with Crippen LogP contribution in [0, 0.1) is 5.82 Å². The summed E-state index contributed by atoms with van der Waals surface area (Å²) in [4.78, 5) is 0. The summed E-state index contributed by atoms with van der Waals surface area (Å²) in [6, 6.07) is 9.16. The maximum Gasteiger partial charge on any atom is 0.165 e. The quantitative estimate of drug-likeness (QED) is 0.906. The molecule has 0 saturated carbocycles. The minimum Gasteiger partial charge on any atom is -0.493 e. The van der Waals surface area contributed by atoms with E-state index >= 15 is 0 Å². The van der Waals surface area contributed by atoms with E-state index in [9.17, 15) is 9.50 Å². The average Bonchev–Trinajstić information content (AvgIpc) is 2.36. The van der Waals surface area contributed by atoms with Crippen LogP contribution in [0.1, 0.15) is 31.7 Å². The zero-order valence-corrected chi connectivity index (χ0v) is 11.5. The molecule has 0 bridgehead atoms. The highest BCUT2D eigenvalue weighted by Gasteiger charge is 2.20. The molecule has 2 aromatic carbocycles. The Morgan fingerprint density at radius 3 is 2.58 bits per heavy atom. The third kappa shape index (κ3) is 2.71. The monoisotopic (exact) mass is 262 g/mol. The smallest absolute Gasteiger partial charge is 0.165 e. The molecule has 102 valence electrons. The van der Waals surface area contributed by atoms with Crippen molar-refractivity contribution < 1.29 is 14.2 Å². The molecule has 19 heavy (non-hydrogen) atoms. The number of benzene rings is 2. The van der Waals surface area contributed by atoms with E-state index in [2.05, 4.69) is 0 Å². The van der Waals surface area contributed by atoms with Crippen molar-refractivity contribution in [3.8, 4) is 5.75 Å². The number of rotatable bonds is 4. The molecule has 0 aromatic heterocycles. The van der Waals surface area contributed by atoms with Crippen LogP contribution in [0.25, 0.3) is 10.8 Å². The van der Waals surface area contributed by atoms with E-state index in [1.54, 1.807) is 6.92 Å². The summed E-state index contributed by atoms with van der Waals surface area (Å²) < 4.78 is 19.3. The first-order valence-corrected chi connectivity index (χ1v) is 6.47. The van der Waals surface area contributed by atoms with E-state index in [1.165, 1.54) is 13.2 Å². The van der Waals surface area contributed by atoms with Crippen LogP contribution in [0.15, 0.2) is 30.3 Å². The van der Waals surface area contributed by atoms with Crippen LogP contribution in [0.3, 0.4) is 0 Å². The second kappa shape index (κ2) is 5.57. The lowest BCUT2D eigenvalue weighted by atomic mass is 9.90. The van der Waals surface area contributed by atoms with Crippen molar-refractivity contribution in [3.05, 3.63) is 41.7 Å². The SMILES string of the molecule is COc1c(F)cc2ccccc2c1C(C)CC(C)O. The molecule has 1 N–H and O–H groups in total. The summed E-state index contributed by atoms with van der Waals surface area (Å²) >= 11 is 0. The molecule has 0 heterocycles. The molecular weight excluding hydrogens is 243 g/mol. The number of methoxy groups -OCH3 is 1. The molecule has 0 spiro atoms. The summed E-state index contributed by atoms with van der Waals surface area (Å²) in [5, 5.41) is 11.4. The zero-order valence-electron chi connectivity index (χ0n) is 11.5. The van der Waals surface area contributed by atoms with Crippen LogP contribution in [-0.4, -0.2) is 18.3 Å². The molecule has 2 nitrogen and oxygen atoms in total. The number of ether oxygens (including phenoxy) is 1. The van der Waals surface area contributed by atoms with Gasteiger partial charge in [-0.1, -0.05) is 31.2 Å². The minimum absolute atomic E-state index is 0.0237. The highest BCUT2D eigenvalue weighted by molar-refractivity contribution is 5.88. The summed E-state index contributed by atoms with van der Waals surface area (Å²) in [5.74, 6) is -0.0453. The van der Waals surface area contributed by atoms with Gasteiger partial charge in [0.2, 0.25) is 0 Å². The Balaban J connectivity index is 2.66. The molecule has 2 aromatic rings. The van der Waals surface area contributed by atoms with Crippen molar-refractivity contribution in [3.63, 3.8) is 0 Å². The molecule has 0 saturated heterocycles. The van der Waals surface area contributed by atoms with Gasteiger partial charge in [-0.25, -0.2) is 4.39 Å². The fourth-order valence-electron chi connectivity index (χ4n) is 2.65. The van der Waals surface area contributed by atoms with Crippen LogP contribution in [0.2, 0.25) is 0 Å². The van der Waals surface area contributed by atoms with Gasteiger partial charge in [-0.15, -0.1) is 0 Å². The lowest BCUT2D eigenvalue weighted by molar-refractivity contribution is 0.176. The first-order chi connectivity index (χ1) is 9.04. The zero-order chi connectivity index (χ0) is 14.0. The number of fused-ring (bicyclic) bond motifs is 1. The van der Waals surface area contributed by atoms with Crippen molar-refractivity contribution in [2.45, 2.75) is 32.3 Å². The van der Waals surface area contributed by atoms with Crippen LogP contribution >= 0.6 is 0 Å². The summed E-state index contributed by atoms with van der Waals surface area (Å²) in [5.41, 5.74) is 0.832. The van der Waals surface area contributed by atoms with Gasteiger partial charge in [0, 0.05) is 5.56 Å². The van der Waals surface area contributed by atoms with Crippen molar-refractivity contribution in [2.75, 3.05) is 7.11 Å². The predicted molar refractivity (Wildman–Crippen MR) is 75.2 cm³/mol. The highest BCUT2D eigenvalue weighted by Crippen LogP contribution is 2.38. The van der Waals surface area contributed by atoms with Crippen LogP contribution in [0.4, 0.5) is 4.39 Å². The largest absolute Gasteiger partial charge is 0.493 e. The topological polar surface area (TPSA) is 29.5 Å². The van der Waals surface area contributed by atoms with Gasteiger partial charge in [0.25, 0.3) is 0 Å². The summed E-state index contributed by atoms with van der Waals surface area (Å²) in [6.07, 6.45) is 0.144. The maximum absolute atomic E-state index is 14.1. The number of aliphatic hydroxyl groups is 1. The van der Waals surface area contributed by atoms with E-state index in [4.69, 9.17) is 4.74 Å². The van der Waals surface area contributed by atoms with Crippen molar-refractivity contribution >= 4 is 10.8 Å². The van der Waals surface area contributed by atoms with E-state index < -0.39 is 6.10 Å². The lowest BCUT2D eigenvalue weighted by Crippen LogP contribution is -2.08. The summed E-state index contributed by atoms with van der Waals surface area (Å²) in [7, 11) is 1.48. The molecule has 2 unspecified atom stereocenters. The fourth-order valence-corrected chi connectivity index (χ4v) is 2.65. The lowest BCUT2D eigenvalue weighted by Gasteiger charge is -2.20. The first kappa shape index (κ1) is 13.8. The molecule has 0 aliphatic carbocycles. The third-order valence-corrected chi connectivity index (χ3v) is 3.39. The minimum atomic E-state index is -0.429. The highest BCUT2D eigenvalue weighted by atomic mass is 19.1. The molecule has 0 aliphatic heterocycles. The second-order valence-corrected chi connectivity index (χ2v) is 5.01. The van der Waals surface area contributed by atoms with Gasteiger partial charge in [0.1, 0.15) is 0 Å². The number of aliphatic hydroxyl groups excluding tert-OH is 1. The van der Waals surface area contributed by atoms with Gasteiger partial charge >= 0.3 is 0 Å². The molecular formula is C16H19FO2. The van der Waals surface area contributed by atoms with E-state index in [1.807, 2.05) is 31.2 Å². The Kier molecular flexibility index (Phi) is 4.05. The Hall–Kier alpha value is -1.61. The van der Waals surface area contributed by atoms with Gasteiger partial charge in [0.15, 0.2) is 11.6 Å². The predicted octanol–water partition coefficient (Wildman–Crippen LogP) is 3.86. The normalized spacial score (nSPS) is 14.4. The van der Waals surface area contributed by atoms with Crippen LogP contribution in [0.5, 0.6) is 5.75 Å². The molecule has 0 fully saturated rings. The molecule has 0 radical (unpaired) electrons. The Morgan fingerprint density at radius 1 is 1.26 bits per heavy atom. The van der Waals surface area contributed by atoms with E-state index in [0.29, 0.717) is 6.42 Å². The van der Waals surface area contributed by atoms with E-state index in [-0.39, 0.29) is 17.5 Å². The number of hydrogen-bond donors (Lipinski definition) is 1. The van der Waals surface area contributed by atoms with Crippen LogP contribution in [-0.2, 0) is 0 Å². The van der Waals surface area contributed by atoms with E-state index in [0.717, 1.165) is 16.3 Å². The number of halogens is 1. The van der Waals surface area contributed by atoms with Gasteiger partial charge < -0.3 is 9.84 Å². The standard InChI is InChI=1S/C16H19FO2/c1-10(8-11(2)18)15-13-7-5-4-6-12(13)9-14(17)16(15)19-3/h4-7,9-11,18H,8H2,1-3H3. The molecule has 0 aliphatic rings. The molecule has 2 atom stereocenters. The maximum atomic E-state index is 14.1. The molecule has 0 amide bonds.